The van der Waals surface area contributed by atoms with Gasteiger partial charge in [0.15, 0.2) is 6.54 Å². The van der Waals surface area contributed by atoms with E-state index in [1.165, 1.54) is 12.1 Å². The van der Waals surface area contributed by atoms with E-state index >= 15 is 0 Å². The van der Waals surface area contributed by atoms with Gasteiger partial charge in [0.25, 0.3) is 5.91 Å². The molecule has 25 heavy (non-hydrogen) atoms. The first-order valence-corrected chi connectivity index (χ1v) is 8.05. The van der Waals surface area contributed by atoms with Crippen LogP contribution in [0.4, 0.5) is 4.39 Å². The van der Waals surface area contributed by atoms with Crippen molar-refractivity contribution in [3.8, 4) is 11.5 Å². The van der Waals surface area contributed by atoms with Crippen LogP contribution in [0.2, 0.25) is 0 Å². The lowest BCUT2D eigenvalue weighted by molar-refractivity contribution is -0.885. The van der Waals surface area contributed by atoms with Gasteiger partial charge in [0.1, 0.15) is 23.9 Å². The molecule has 2 rings (SSSR count). The molecular weight excluding hydrogens is 323 g/mol. The van der Waals surface area contributed by atoms with Gasteiger partial charge in [-0.15, -0.1) is 0 Å². The average molecular weight is 347 g/mol. The maximum Gasteiger partial charge on any atom is 0.275 e. The van der Waals surface area contributed by atoms with Crippen LogP contribution in [0.5, 0.6) is 11.5 Å². The Bertz CT molecular complexity index is 704. The molecular formula is C19H24FN2O3+. The predicted molar refractivity (Wildman–Crippen MR) is 93.3 cm³/mol. The van der Waals surface area contributed by atoms with Crippen LogP contribution >= 0.6 is 0 Å². The van der Waals surface area contributed by atoms with E-state index in [1.54, 1.807) is 26.4 Å². The van der Waals surface area contributed by atoms with Crippen molar-refractivity contribution in [2.75, 3.05) is 27.8 Å². The van der Waals surface area contributed by atoms with Crippen molar-refractivity contribution in [3.63, 3.8) is 0 Å². The fourth-order valence-electron chi connectivity index (χ4n) is 2.53. The van der Waals surface area contributed by atoms with E-state index in [-0.39, 0.29) is 11.7 Å². The summed E-state index contributed by atoms with van der Waals surface area (Å²) in [5.74, 6) is 1.13. The van der Waals surface area contributed by atoms with Crippen LogP contribution in [0.1, 0.15) is 11.1 Å². The van der Waals surface area contributed by atoms with E-state index in [0.29, 0.717) is 19.6 Å². The van der Waals surface area contributed by atoms with Crippen LogP contribution in [-0.2, 0) is 17.9 Å². The number of rotatable bonds is 8. The molecule has 0 spiro atoms. The van der Waals surface area contributed by atoms with Gasteiger partial charge >= 0.3 is 0 Å². The largest absolute Gasteiger partial charge is 0.497 e. The summed E-state index contributed by atoms with van der Waals surface area (Å²) < 4.78 is 23.4. The molecule has 0 saturated carbocycles. The lowest BCUT2D eigenvalue weighted by atomic mass is 10.1. The number of hydrogen-bond acceptors (Lipinski definition) is 3. The van der Waals surface area contributed by atoms with Crippen LogP contribution in [0.3, 0.4) is 0 Å². The minimum Gasteiger partial charge on any atom is -0.497 e. The summed E-state index contributed by atoms with van der Waals surface area (Å²) in [5.41, 5.74) is 1.87. The summed E-state index contributed by atoms with van der Waals surface area (Å²) in [5, 5.41) is 2.85. The van der Waals surface area contributed by atoms with Gasteiger partial charge in [-0.1, -0.05) is 12.1 Å². The van der Waals surface area contributed by atoms with Crippen molar-refractivity contribution in [3.05, 3.63) is 59.4 Å². The normalized spacial score (nSPS) is 11.7. The molecule has 0 radical (unpaired) electrons. The van der Waals surface area contributed by atoms with Crippen LogP contribution in [0.25, 0.3) is 0 Å². The molecule has 2 N–H and O–H groups in total. The van der Waals surface area contributed by atoms with Crippen molar-refractivity contribution in [1.82, 2.24) is 5.32 Å². The van der Waals surface area contributed by atoms with Gasteiger partial charge < -0.3 is 19.7 Å². The minimum absolute atomic E-state index is 0.0608. The Labute approximate surface area is 147 Å². The molecule has 5 nitrogen and oxygen atoms in total. The lowest BCUT2D eigenvalue weighted by Gasteiger charge is -2.16. The molecule has 2 aromatic rings. The first-order valence-electron chi connectivity index (χ1n) is 8.05. The fraction of sp³-hybridized carbons (Fsp3) is 0.316. The molecule has 1 unspecified atom stereocenters. The standard InChI is InChI=1S/C19H23FN2O3/c1-22(12-15-6-9-17(24-2)10-18(15)25-3)13-19(23)21-11-14-4-7-16(20)8-5-14/h4-10H,11-13H2,1-3H3,(H,21,23)/p+1. The summed E-state index contributed by atoms with van der Waals surface area (Å²) in [4.78, 5) is 13.1. The average Bonchev–Trinajstić information content (AvgIpc) is 2.61. The number of ether oxygens (including phenoxy) is 2. The Hall–Kier alpha value is -2.60. The van der Waals surface area contributed by atoms with Crippen LogP contribution in [0.15, 0.2) is 42.5 Å². The van der Waals surface area contributed by atoms with E-state index in [0.717, 1.165) is 27.5 Å². The zero-order chi connectivity index (χ0) is 18.2. The molecule has 0 bridgehead atoms. The zero-order valence-corrected chi connectivity index (χ0v) is 14.8. The second kappa shape index (κ2) is 9.03. The van der Waals surface area contributed by atoms with Crippen LogP contribution in [0, 0.1) is 5.82 Å². The topological polar surface area (TPSA) is 52.0 Å². The van der Waals surface area contributed by atoms with Crippen molar-refractivity contribution in [2.24, 2.45) is 0 Å². The number of carbonyl (C=O) groups is 1. The number of nitrogens with one attached hydrogen (secondary N) is 2. The Kier molecular flexibility index (Phi) is 6.77. The van der Waals surface area contributed by atoms with Crippen molar-refractivity contribution < 1.29 is 23.6 Å². The van der Waals surface area contributed by atoms with Crippen molar-refractivity contribution in [1.29, 1.82) is 0 Å². The summed E-state index contributed by atoms with van der Waals surface area (Å²) in [6.07, 6.45) is 0. The zero-order valence-electron chi connectivity index (χ0n) is 14.8. The Balaban J connectivity index is 1.85. The second-order valence-electron chi connectivity index (χ2n) is 5.89. The highest BCUT2D eigenvalue weighted by Gasteiger charge is 2.14. The first-order chi connectivity index (χ1) is 12.0. The Morgan fingerprint density at radius 1 is 1.12 bits per heavy atom. The SMILES string of the molecule is COc1ccc(C[NH+](C)CC(=O)NCc2ccc(F)cc2)c(OC)c1. The van der Waals surface area contributed by atoms with Gasteiger partial charge in [-0.05, 0) is 29.8 Å². The van der Waals surface area contributed by atoms with Gasteiger partial charge in [-0.25, -0.2) is 4.39 Å². The summed E-state index contributed by atoms with van der Waals surface area (Å²) in [7, 11) is 5.17. The third kappa shape index (κ3) is 5.76. The number of benzene rings is 2. The molecule has 0 fully saturated rings. The molecule has 0 saturated heterocycles. The highest BCUT2D eigenvalue weighted by atomic mass is 19.1. The molecule has 0 aliphatic carbocycles. The predicted octanol–water partition coefficient (Wildman–Crippen LogP) is 1.17. The van der Waals surface area contributed by atoms with E-state index in [2.05, 4.69) is 5.32 Å². The summed E-state index contributed by atoms with van der Waals surface area (Å²) in [6.45, 7) is 1.37. The molecule has 0 aliphatic rings. The molecule has 1 atom stereocenters. The van der Waals surface area contributed by atoms with Crippen LogP contribution < -0.4 is 19.7 Å². The molecule has 0 aliphatic heterocycles. The maximum atomic E-state index is 12.9. The summed E-state index contributed by atoms with van der Waals surface area (Å²) >= 11 is 0. The highest BCUT2D eigenvalue weighted by Crippen LogP contribution is 2.23. The number of amides is 1. The first kappa shape index (κ1) is 18.7. The number of carbonyl (C=O) groups excluding carboxylic acids is 1. The minimum atomic E-state index is -0.285. The van der Waals surface area contributed by atoms with E-state index in [9.17, 15) is 9.18 Å². The van der Waals surface area contributed by atoms with E-state index < -0.39 is 0 Å². The fourth-order valence-corrected chi connectivity index (χ4v) is 2.53. The number of hydrogen-bond donors (Lipinski definition) is 2. The van der Waals surface area contributed by atoms with Gasteiger partial charge in [0.05, 0.1) is 21.3 Å². The third-order valence-electron chi connectivity index (χ3n) is 3.85. The Morgan fingerprint density at radius 3 is 2.48 bits per heavy atom. The van der Waals surface area contributed by atoms with Gasteiger partial charge in [0, 0.05) is 18.2 Å². The van der Waals surface area contributed by atoms with Crippen LogP contribution in [-0.4, -0.2) is 33.7 Å². The number of quaternary nitrogens is 1. The summed E-state index contributed by atoms with van der Waals surface area (Å²) in [6, 6.07) is 11.7. The second-order valence-corrected chi connectivity index (χ2v) is 5.89. The highest BCUT2D eigenvalue weighted by molar-refractivity contribution is 5.76. The molecule has 0 aromatic heterocycles. The van der Waals surface area contributed by atoms with Crippen molar-refractivity contribution >= 4 is 5.91 Å². The molecule has 0 heterocycles. The number of halogens is 1. The van der Waals surface area contributed by atoms with E-state index in [1.807, 2.05) is 25.2 Å². The monoisotopic (exact) mass is 347 g/mol. The molecule has 134 valence electrons. The number of methoxy groups -OCH3 is 2. The molecule has 6 heteroatoms. The quantitative estimate of drug-likeness (QED) is 0.754. The molecule has 1 amide bonds. The van der Waals surface area contributed by atoms with Gasteiger partial charge in [-0.3, -0.25) is 4.79 Å². The smallest absolute Gasteiger partial charge is 0.275 e. The third-order valence-corrected chi connectivity index (χ3v) is 3.85. The van der Waals surface area contributed by atoms with E-state index in [4.69, 9.17) is 9.47 Å². The van der Waals surface area contributed by atoms with Gasteiger partial charge in [0.2, 0.25) is 0 Å². The lowest BCUT2D eigenvalue weighted by Crippen LogP contribution is -3.08. The van der Waals surface area contributed by atoms with Crippen molar-refractivity contribution in [2.45, 2.75) is 13.1 Å². The van der Waals surface area contributed by atoms with Gasteiger partial charge in [-0.2, -0.15) is 0 Å². The number of likely N-dealkylation sites (N-methyl/N-ethyl adjacent to an activating group) is 1. The molecule has 2 aromatic carbocycles. The maximum absolute atomic E-state index is 12.9. The Morgan fingerprint density at radius 2 is 1.84 bits per heavy atom.